The van der Waals surface area contributed by atoms with Crippen LogP contribution in [0.1, 0.15) is 103 Å². The molecule has 2 nitrogen and oxygen atoms in total. The molecular formula is C18H34O2. The van der Waals surface area contributed by atoms with Crippen LogP contribution in [-0.4, -0.2) is 21.4 Å². The minimum atomic E-state index is -0.818. The van der Waals surface area contributed by atoms with E-state index in [0.29, 0.717) is 0 Å². The van der Waals surface area contributed by atoms with Crippen molar-refractivity contribution in [3.05, 3.63) is 0 Å². The van der Waals surface area contributed by atoms with E-state index in [1.165, 1.54) is 51.4 Å². The maximum atomic E-state index is 11.2. The van der Waals surface area contributed by atoms with E-state index in [9.17, 15) is 10.2 Å². The van der Waals surface area contributed by atoms with E-state index in [0.717, 1.165) is 51.4 Å². The van der Waals surface area contributed by atoms with Gasteiger partial charge in [-0.3, -0.25) is 0 Å². The van der Waals surface area contributed by atoms with E-state index < -0.39 is 11.2 Å². The van der Waals surface area contributed by atoms with E-state index >= 15 is 0 Å². The normalized spacial score (nSPS) is 29.1. The molecule has 0 spiro atoms. The highest BCUT2D eigenvalue weighted by Crippen LogP contribution is 2.41. The molecule has 0 unspecified atom stereocenters. The molecule has 2 rings (SSSR count). The lowest BCUT2D eigenvalue weighted by Gasteiger charge is -2.44. The predicted molar refractivity (Wildman–Crippen MR) is 83.8 cm³/mol. The van der Waals surface area contributed by atoms with Gasteiger partial charge in [0.15, 0.2) is 0 Å². The molecule has 0 amide bonds. The lowest BCUT2D eigenvalue weighted by molar-refractivity contribution is -0.170. The SMILES string of the molecule is OC1(C2(O)CCCCCCCC2)CCCCCCCC1. The molecule has 2 saturated carbocycles. The zero-order valence-corrected chi connectivity index (χ0v) is 13.2. The number of hydrogen-bond acceptors (Lipinski definition) is 2. The van der Waals surface area contributed by atoms with Crippen LogP contribution < -0.4 is 0 Å². The third-order valence-electron chi connectivity index (χ3n) is 5.73. The second-order valence-electron chi connectivity index (χ2n) is 7.31. The summed E-state index contributed by atoms with van der Waals surface area (Å²) in [6.07, 6.45) is 17.6. The molecule has 2 heteroatoms. The molecule has 2 N–H and O–H groups in total. The molecular weight excluding hydrogens is 248 g/mol. The minimum absolute atomic E-state index is 0.809. The topological polar surface area (TPSA) is 40.5 Å². The lowest BCUT2D eigenvalue weighted by atomic mass is 9.71. The molecule has 0 atom stereocenters. The number of rotatable bonds is 1. The molecule has 0 aromatic rings. The first-order valence-corrected chi connectivity index (χ1v) is 9.11. The zero-order chi connectivity index (χ0) is 14.3. The standard InChI is InChI=1S/C18H34O2/c19-17(13-9-5-1-2-6-10-14-17)18(20)15-11-7-3-4-8-12-16-18/h19-20H,1-16H2. The van der Waals surface area contributed by atoms with Crippen LogP contribution in [0.2, 0.25) is 0 Å². The Balaban J connectivity index is 2.07. The first-order valence-electron chi connectivity index (χ1n) is 9.11. The van der Waals surface area contributed by atoms with E-state index in [2.05, 4.69) is 0 Å². The molecule has 2 aliphatic rings. The van der Waals surface area contributed by atoms with Gasteiger partial charge in [0.25, 0.3) is 0 Å². The molecule has 0 aromatic carbocycles. The van der Waals surface area contributed by atoms with Crippen molar-refractivity contribution in [3.63, 3.8) is 0 Å². The van der Waals surface area contributed by atoms with Gasteiger partial charge in [0.05, 0.1) is 11.2 Å². The van der Waals surface area contributed by atoms with Gasteiger partial charge in [-0.05, 0) is 25.7 Å². The highest BCUT2D eigenvalue weighted by molar-refractivity contribution is 5.00. The molecule has 0 aromatic heterocycles. The van der Waals surface area contributed by atoms with Crippen LogP contribution in [0.5, 0.6) is 0 Å². The molecule has 118 valence electrons. The highest BCUT2D eigenvalue weighted by Gasteiger charge is 2.47. The average molecular weight is 282 g/mol. The second-order valence-corrected chi connectivity index (χ2v) is 7.31. The van der Waals surface area contributed by atoms with E-state index in [1.807, 2.05) is 0 Å². The molecule has 2 fully saturated rings. The summed E-state index contributed by atoms with van der Waals surface area (Å²) in [4.78, 5) is 0. The van der Waals surface area contributed by atoms with Gasteiger partial charge in [-0.1, -0.05) is 77.0 Å². The summed E-state index contributed by atoms with van der Waals surface area (Å²) in [7, 11) is 0. The lowest BCUT2D eigenvalue weighted by Crippen LogP contribution is -2.54. The van der Waals surface area contributed by atoms with Crippen LogP contribution in [0.25, 0.3) is 0 Å². The summed E-state index contributed by atoms with van der Waals surface area (Å²) < 4.78 is 0. The third kappa shape index (κ3) is 4.21. The monoisotopic (exact) mass is 282 g/mol. The van der Waals surface area contributed by atoms with Crippen molar-refractivity contribution in [1.29, 1.82) is 0 Å². The Morgan fingerprint density at radius 1 is 0.350 bits per heavy atom. The Kier molecular flexibility index (Phi) is 6.35. The van der Waals surface area contributed by atoms with Crippen LogP contribution in [0.15, 0.2) is 0 Å². The van der Waals surface area contributed by atoms with Crippen molar-refractivity contribution in [2.75, 3.05) is 0 Å². The molecule has 0 saturated heterocycles. The maximum Gasteiger partial charge on any atom is 0.0933 e. The summed E-state index contributed by atoms with van der Waals surface area (Å²) >= 11 is 0. The van der Waals surface area contributed by atoms with Gasteiger partial charge < -0.3 is 10.2 Å². The largest absolute Gasteiger partial charge is 0.387 e. The van der Waals surface area contributed by atoms with Crippen molar-refractivity contribution >= 4 is 0 Å². The van der Waals surface area contributed by atoms with Crippen LogP contribution in [0.3, 0.4) is 0 Å². The van der Waals surface area contributed by atoms with Crippen LogP contribution in [0.4, 0.5) is 0 Å². The Hall–Kier alpha value is -0.0800. The van der Waals surface area contributed by atoms with Gasteiger partial charge in [0.1, 0.15) is 0 Å². The van der Waals surface area contributed by atoms with Gasteiger partial charge in [0.2, 0.25) is 0 Å². The summed E-state index contributed by atoms with van der Waals surface area (Å²) in [5.74, 6) is 0. The van der Waals surface area contributed by atoms with Gasteiger partial charge in [-0.2, -0.15) is 0 Å². The van der Waals surface area contributed by atoms with Crippen molar-refractivity contribution < 1.29 is 10.2 Å². The molecule has 0 radical (unpaired) electrons. The van der Waals surface area contributed by atoms with E-state index in [4.69, 9.17) is 0 Å². The van der Waals surface area contributed by atoms with Crippen LogP contribution in [0, 0.1) is 0 Å². The first-order chi connectivity index (χ1) is 9.66. The fraction of sp³-hybridized carbons (Fsp3) is 1.00. The smallest absolute Gasteiger partial charge is 0.0933 e. The summed E-state index contributed by atoms with van der Waals surface area (Å²) in [6, 6.07) is 0. The van der Waals surface area contributed by atoms with Crippen LogP contribution >= 0.6 is 0 Å². The van der Waals surface area contributed by atoms with Crippen molar-refractivity contribution in [2.45, 2.75) is 114 Å². The number of aliphatic hydroxyl groups is 2. The molecule has 0 aliphatic heterocycles. The minimum Gasteiger partial charge on any atom is -0.387 e. The average Bonchev–Trinajstić information content (AvgIpc) is 2.61. The third-order valence-corrected chi connectivity index (χ3v) is 5.73. The molecule has 0 bridgehead atoms. The second kappa shape index (κ2) is 7.79. The fourth-order valence-electron chi connectivity index (χ4n) is 4.26. The Bertz CT molecular complexity index is 227. The zero-order valence-electron chi connectivity index (χ0n) is 13.2. The Morgan fingerprint density at radius 3 is 0.800 bits per heavy atom. The quantitative estimate of drug-likeness (QED) is 0.730. The van der Waals surface area contributed by atoms with Crippen molar-refractivity contribution in [2.24, 2.45) is 0 Å². The summed E-state index contributed by atoms with van der Waals surface area (Å²) in [5, 5.41) is 22.5. The first kappa shape index (κ1) is 16.3. The van der Waals surface area contributed by atoms with Gasteiger partial charge in [0, 0.05) is 0 Å². The van der Waals surface area contributed by atoms with Gasteiger partial charge in [-0.15, -0.1) is 0 Å². The highest BCUT2D eigenvalue weighted by atomic mass is 16.4. The van der Waals surface area contributed by atoms with E-state index in [1.54, 1.807) is 0 Å². The summed E-state index contributed by atoms with van der Waals surface area (Å²) in [5.41, 5.74) is -1.64. The van der Waals surface area contributed by atoms with Crippen LogP contribution in [-0.2, 0) is 0 Å². The van der Waals surface area contributed by atoms with Gasteiger partial charge in [-0.25, -0.2) is 0 Å². The fourth-order valence-corrected chi connectivity index (χ4v) is 4.26. The van der Waals surface area contributed by atoms with Gasteiger partial charge >= 0.3 is 0 Å². The van der Waals surface area contributed by atoms with Crippen molar-refractivity contribution in [3.8, 4) is 0 Å². The molecule has 2 aliphatic carbocycles. The summed E-state index contributed by atoms with van der Waals surface area (Å²) in [6.45, 7) is 0. The maximum absolute atomic E-state index is 11.2. The molecule has 20 heavy (non-hydrogen) atoms. The number of hydrogen-bond donors (Lipinski definition) is 2. The van der Waals surface area contributed by atoms with E-state index in [-0.39, 0.29) is 0 Å². The Morgan fingerprint density at radius 2 is 0.550 bits per heavy atom. The Labute approximate surface area is 125 Å². The van der Waals surface area contributed by atoms with Crippen molar-refractivity contribution in [1.82, 2.24) is 0 Å². The molecule has 0 heterocycles. The predicted octanol–water partition coefficient (Wildman–Crippen LogP) is 4.72.